The number of hydrogen-bond donors (Lipinski definition) is 1. The van der Waals surface area contributed by atoms with Crippen molar-refractivity contribution < 1.29 is 14.8 Å². The second kappa shape index (κ2) is 8.05. The molecule has 0 aliphatic rings. The molecule has 0 fully saturated rings. The molecule has 0 atom stereocenters. The van der Waals surface area contributed by atoms with Crippen LogP contribution in [0.15, 0.2) is 54.6 Å². The van der Waals surface area contributed by atoms with E-state index in [1.54, 1.807) is 18.2 Å². The molecule has 6 nitrogen and oxygen atoms in total. The van der Waals surface area contributed by atoms with Crippen molar-refractivity contribution in [2.45, 2.75) is 13.0 Å². The lowest BCUT2D eigenvalue weighted by molar-refractivity contribution is -0.385. The third-order valence-electron chi connectivity index (χ3n) is 3.47. The lowest BCUT2D eigenvalue weighted by atomic mass is 10.1. The Hall–Kier alpha value is -2.73. The molecule has 0 bridgehead atoms. The molecular formula is C17H18N2O4. The van der Waals surface area contributed by atoms with Crippen molar-refractivity contribution >= 4 is 11.6 Å². The zero-order valence-corrected chi connectivity index (χ0v) is 12.6. The maximum Gasteiger partial charge on any atom is 0.273 e. The van der Waals surface area contributed by atoms with Crippen LogP contribution in [0, 0.1) is 10.1 Å². The molecule has 0 radical (unpaired) electrons. The Labute approximate surface area is 134 Å². The molecule has 0 heterocycles. The van der Waals surface area contributed by atoms with E-state index < -0.39 is 4.92 Å². The second-order valence-electron chi connectivity index (χ2n) is 5.09. The number of aliphatic hydroxyl groups is 1. The van der Waals surface area contributed by atoms with E-state index in [-0.39, 0.29) is 31.2 Å². The van der Waals surface area contributed by atoms with Gasteiger partial charge in [-0.15, -0.1) is 0 Å². The number of amides is 1. The number of benzene rings is 2. The molecule has 2 aromatic carbocycles. The Morgan fingerprint density at radius 3 is 2.39 bits per heavy atom. The predicted molar refractivity (Wildman–Crippen MR) is 85.7 cm³/mol. The molecule has 1 N–H and O–H groups in total. The molecule has 120 valence electrons. The summed E-state index contributed by atoms with van der Waals surface area (Å²) < 4.78 is 0. The summed E-state index contributed by atoms with van der Waals surface area (Å²) >= 11 is 0. The monoisotopic (exact) mass is 314 g/mol. The topological polar surface area (TPSA) is 83.7 Å². The summed E-state index contributed by atoms with van der Waals surface area (Å²) in [5.74, 6) is -0.253. The van der Waals surface area contributed by atoms with Crippen LogP contribution in [0.2, 0.25) is 0 Å². The zero-order chi connectivity index (χ0) is 16.7. The van der Waals surface area contributed by atoms with Crippen LogP contribution in [-0.2, 0) is 17.8 Å². The van der Waals surface area contributed by atoms with Crippen LogP contribution >= 0.6 is 0 Å². The fourth-order valence-corrected chi connectivity index (χ4v) is 2.33. The van der Waals surface area contributed by atoms with E-state index in [1.165, 1.54) is 11.0 Å². The largest absolute Gasteiger partial charge is 0.395 e. The lowest BCUT2D eigenvalue weighted by Gasteiger charge is -2.22. The number of para-hydroxylation sites is 1. The summed E-state index contributed by atoms with van der Waals surface area (Å²) in [6.07, 6.45) is -0.0655. The number of carbonyl (C=O) groups excluding carboxylic acids is 1. The molecule has 2 aromatic rings. The molecule has 0 saturated carbocycles. The van der Waals surface area contributed by atoms with Gasteiger partial charge in [0.2, 0.25) is 5.91 Å². The van der Waals surface area contributed by atoms with E-state index in [9.17, 15) is 20.0 Å². The second-order valence-corrected chi connectivity index (χ2v) is 5.09. The smallest absolute Gasteiger partial charge is 0.273 e. The third-order valence-corrected chi connectivity index (χ3v) is 3.47. The van der Waals surface area contributed by atoms with Gasteiger partial charge in [0, 0.05) is 24.7 Å². The minimum atomic E-state index is -0.490. The maximum absolute atomic E-state index is 12.5. The summed E-state index contributed by atoms with van der Waals surface area (Å²) in [6, 6.07) is 15.6. The molecule has 0 spiro atoms. The summed E-state index contributed by atoms with van der Waals surface area (Å²) in [6.45, 7) is 0.394. The minimum Gasteiger partial charge on any atom is -0.395 e. The van der Waals surface area contributed by atoms with Gasteiger partial charge in [0.1, 0.15) is 0 Å². The van der Waals surface area contributed by atoms with Crippen molar-refractivity contribution in [3.05, 3.63) is 75.8 Å². The molecule has 2 rings (SSSR count). The molecule has 0 unspecified atom stereocenters. The summed E-state index contributed by atoms with van der Waals surface area (Å²) in [7, 11) is 0. The predicted octanol–water partition coefficient (Wildman–Crippen LogP) is 2.16. The first-order valence-corrected chi connectivity index (χ1v) is 7.26. The van der Waals surface area contributed by atoms with E-state index in [1.807, 2.05) is 30.3 Å². The number of nitrogens with zero attached hydrogens (tertiary/aromatic N) is 2. The van der Waals surface area contributed by atoms with Gasteiger partial charge in [-0.3, -0.25) is 14.9 Å². The average Bonchev–Trinajstić information content (AvgIpc) is 2.55. The SMILES string of the molecule is O=C(Cc1ccccc1[N+](=O)[O-])N(CCO)Cc1ccccc1. The highest BCUT2D eigenvalue weighted by Gasteiger charge is 2.19. The van der Waals surface area contributed by atoms with Crippen molar-refractivity contribution in [3.8, 4) is 0 Å². The molecule has 0 aliphatic carbocycles. The zero-order valence-electron chi connectivity index (χ0n) is 12.6. The van der Waals surface area contributed by atoms with Gasteiger partial charge < -0.3 is 10.0 Å². The van der Waals surface area contributed by atoms with Crippen LogP contribution in [0.5, 0.6) is 0 Å². The van der Waals surface area contributed by atoms with Gasteiger partial charge in [-0.2, -0.15) is 0 Å². The first-order valence-electron chi connectivity index (χ1n) is 7.26. The highest BCUT2D eigenvalue weighted by Crippen LogP contribution is 2.19. The van der Waals surface area contributed by atoms with Gasteiger partial charge in [0.05, 0.1) is 18.0 Å². The van der Waals surface area contributed by atoms with E-state index >= 15 is 0 Å². The van der Waals surface area contributed by atoms with Crippen LogP contribution < -0.4 is 0 Å². The van der Waals surface area contributed by atoms with E-state index in [0.29, 0.717) is 12.1 Å². The lowest BCUT2D eigenvalue weighted by Crippen LogP contribution is -2.34. The van der Waals surface area contributed by atoms with Crippen LogP contribution in [0.25, 0.3) is 0 Å². The molecule has 0 aliphatic heterocycles. The number of nitro benzene ring substituents is 1. The molecule has 23 heavy (non-hydrogen) atoms. The van der Waals surface area contributed by atoms with Crippen molar-refractivity contribution in [3.63, 3.8) is 0 Å². The van der Waals surface area contributed by atoms with Crippen LogP contribution in [0.4, 0.5) is 5.69 Å². The normalized spacial score (nSPS) is 10.3. The van der Waals surface area contributed by atoms with Gasteiger partial charge in [0.15, 0.2) is 0 Å². The Morgan fingerprint density at radius 2 is 1.74 bits per heavy atom. The number of carbonyl (C=O) groups is 1. The highest BCUT2D eigenvalue weighted by atomic mass is 16.6. The highest BCUT2D eigenvalue weighted by molar-refractivity contribution is 5.80. The van der Waals surface area contributed by atoms with Gasteiger partial charge in [-0.05, 0) is 5.56 Å². The molecule has 0 saturated heterocycles. The molecular weight excluding hydrogens is 296 g/mol. The number of aliphatic hydroxyl groups excluding tert-OH is 1. The van der Waals surface area contributed by atoms with Crippen molar-refractivity contribution in [1.82, 2.24) is 4.90 Å². The molecule has 6 heteroatoms. The van der Waals surface area contributed by atoms with Gasteiger partial charge in [0.25, 0.3) is 5.69 Å². The summed E-state index contributed by atoms with van der Waals surface area (Å²) in [5, 5.41) is 20.2. The van der Waals surface area contributed by atoms with E-state index in [0.717, 1.165) is 5.56 Å². The summed E-state index contributed by atoms with van der Waals surface area (Å²) in [5.41, 5.74) is 1.25. The average molecular weight is 314 g/mol. The maximum atomic E-state index is 12.5. The van der Waals surface area contributed by atoms with Gasteiger partial charge >= 0.3 is 0 Å². The fourth-order valence-electron chi connectivity index (χ4n) is 2.33. The standard InChI is InChI=1S/C17H18N2O4/c20-11-10-18(13-14-6-2-1-3-7-14)17(21)12-15-8-4-5-9-16(15)19(22)23/h1-9,20H,10-13H2. The van der Waals surface area contributed by atoms with E-state index in [4.69, 9.17) is 0 Å². The molecule has 0 aromatic heterocycles. The van der Waals surface area contributed by atoms with Crippen molar-refractivity contribution in [2.24, 2.45) is 0 Å². The van der Waals surface area contributed by atoms with Gasteiger partial charge in [-0.1, -0.05) is 48.5 Å². The van der Waals surface area contributed by atoms with Crippen LogP contribution in [0.3, 0.4) is 0 Å². The summed E-state index contributed by atoms with van der Waals surface area (Å²) in [4.78, 5) is 24.5. The first kappa shape index (κ1) is 16.6. The van der Waals surface area contributed by atoms with Crippen molar-refractivity contribution in [2.75, 3.05) is 13.2 Å². The Bertz CT molecular complexity index is 673. The quantitative estimate of drug-likeness (QED) is 0.627. The molecule has 1 amide bonds. The van der Waals surface area contributed by atoms with Crippen LogP contribution in [0.1, 0.15) is 11.1 Å². The van der Waals surface area contributed by atoms with E-state index in [2.05, 4.69) is 0 Å². The Morgan fingerprint density at radius 1 is 1.09 bits per heavy atom. The first-order chi connectivity index (χ1) is 11.1. The van der Waals surface area contributed by atoms with Crippen molar-refractivity contribution in [1.29, 1.82) is 0 Å². The Balaban J connectivity index is 2.14. The number of rotatable bonds is 7. The fraction of sp³-hybridized carbons (Fsp3) is 0.235. The van der Waals surface area contributed by atoms with Gasteiger partial charge in [-0.25, -0.2) is 0 Å². The minimum absolute atomic E-state index is 0.0653. The number of hydrogen-bond acceptors (Lipinski definition) is 4. The third kappa shape index (κ3) is 4.62. The van der Waals surface area contributed by atoms with Crippen LogP contribution in [-0.4, -0.2) is 34.0 Å². The Kier molecular flexibility index (Phi) is 5.82. The number of nitro groups is 1.